The molecule has 2 rings (SSSR count). The lowest BCUT2D eigenvalue weighted by Gasteiger charge is -2.18. The van der Waals surface area contributed by atoms with Crippen LogP contribution in [-0.2, 0) is 0 Å². The van der Waals surface area contributed by atoms with Crippen LogP contribution in [0.2, 0.25) is 5.02 Å². The molecule has 0 saturated heterocycles. The van der Waals surface area contributed by atoms with Gasteiger partial charge in [-0.15, -0.1) is 0 Å². The number of anilines is 2. The Labute approximate surface area is 126 Å². The maximum absolute atomic E-state index is 12.1. The van der Waals surface area contributed by atoms with E-state index in [0.29, 0.717) is 16.4 Å². The summed E-state index contributed by atoms with van der Waals surface area (Å²) in [6.45, 7) is 0. The van der Waals surface area contributed by atoms with Crippen molar-refractivity contribution in [3.05, 3.63) is 63.7 Å². The van der Waals surface area contributed by atoms with E-state index < -0.39 is 11.0 Å². The highest BCUT2D eigenvalue weighted by Crippen LogP contribution is 2.21. The molecule has 0 saturated carbocycles. The van der Waals surface area contributed by atoms with Crippen LogP contribution < -0.4 is 10.2 Å². The molecule has 0 fully saturated rings. The number of carbonyl (C=O) groups is 1. The highest BCUT2D eigenvalue weighted by Gasteiger charge is 2.13. The van der Waals surface area contributed by atoms with Gasteiger partial charge in [0, 0.05) is 35.6 Å². The number of urea groups is 1. The van der Waals surface area contributed by atoms with E-state index in [9.17, 15) is 14.9 Å². The van der Waals surface area contributed by atoms with Crippen LogP contribution in [0.5, 0.6) is 0 Å². The average Bonchev–Trinajstić information content (AvgIpc) is 2.46. The van der Waals surface area contributed by atoms with Gasteiger partial charge >= 0.3 is 6.03 Å². The molecule has 108 valence electrons. The van der Waals surface area contributed by atoms with Gasteiger partial charge in [0.15, 0.2) is 0 Å². The molecule has 0 atom stereocenters. The van der Waals surface area contributed by atoms with Crippen molar-refractivity contribution in [3.8, 4) is 0 Å². The van der Waals surface area contributed by atoms with Gasteiger partial charge in [-0.1, -0.05) is 23.7 Å². The zero-order valence-corrected chi connectivity index (χ0v) is 11.9. The van der Waals surface area contributed by atoms with Gasteiger partial charge in [0.1, 0.15) is 0 Å². The summed E-state index contributed by atoms with van der Waals surface area (Å²) in [4.78, 5) is 23.7. The fraction of sp³-hybridized carbons (Fsp3) is 0.0714. The molecule has 0 spiro atoms. The van der Waals surface area contributed by atoms with Crippen molar-refractivity contribution < 1.29 is 9.72 Å². The highest BCUT2D eigenvalue weighted by atomic mass is 35.5. The lowest BCUT2D eigenvalue weighted by atomic mass is 10.3. The summed E-state index contributed by atoms with van der Waals surface area (Å²) in [7, 11) is 1.58. The standard InChI is InChI=1S/C14H12ClN3O3/c1-17(12-6-2-4-10(15)8-12)14(19)16-11-5-3-7-13(9-11)18(20)21/h2-9H,1H3,(H,16,19). The number of non-ortho nitro benzene ring substituents is 1. The molecule has 0 unspecified atom stereocenters. The zero-order chi connectivity index (χ0) is 15.4. The van der Waals surface area contributed by atoms with E-state index in [1.54, 1.807) is 37.4 Å². The third-order valence-electron chi connectivity index (χ3n) is 2.81. The monoisotopic (exact) mass is 305 g/mol. The van der Waals surface area contributed by atoms with Gasteiger partial charge in [-0.3, -0.25) is 15.0 Å². The molecule has 0 aliphatic carbocycles. The third kappa shape index (κ3) is 3.70. The van der Waals surface area contributed by atoms with Gasteiger partial charge in [-0.2, -0.15) is 0 Å². The summed E-state index contributed by atoms with van der Waals surface area (Å²) in [5.74, 6) is 0. The van der Waals surface area contributed by atoms with Crippen molar-refractivity contribution in [2.75, 3.05) is 17.3 Å². The van der Waals surface area contributed by atoms with Crippen LogP contribution in [0.15, 0.2) is 48.5 Å². The number of nitro benzene ring substituents is 1. The molecule has 1 N–H and O–H groups in total. The van der Waals surface area contributed by atoms with Crippen LogP contribution in [0.3, 0.4) is 0 Å². The number of nitro groups is 1. The number of halogens is 1. The Bertz CT molecular complexity index is 691. The molecule has 7 heteroatoms. The van der Waals surface area contributed by atoms with Crippen LogP contribution in [0, 0.1) is 10.1 Å². The van der Waals surface area contributed by atoms with Gasteiger partial charge in [-0.05, 0) is 24.3 Å². The molecule has 0 aromatic heterocycles. The summed E-state index contributed by atoms with van der Waals surface area (Å²) in [5, 5.41) is 13.8. The minimum Gasteiger partial charge on any atom is -0.307 e. The first kappa shape index (κ1) is 14.8. The number of amides is 2. The molecule has 2 aromatic rings. The first-order valence-corrected chi connectivity index (χ1v) is 6.40. The smallest absolute Gasteiger partial charge is 0.307 e. The lowest BCUT2D eigenvalue weighted by molar-refractivity contribution is -0.384. The predicted octanol–water partition coefficient (Wildman–Crippen LogP) is 3.92. The number of benzene rings is 2. The maximum Gasteiger partial charge on any atom is 0.326 e. The predicted molar refractivity (Wildman–Crippen MR) is 82.0 cm³/mol. The molecule has 6 nitrogen and oxygen atoms in total. The molecule has 21 heavy (non-hydrogen) atoms. The first-order valence-electron chi connectivity index (χ1n) is 6.02. The van der Waals surface area contributed by atoms with E-state index >= 15 is 0 Å². The van der Waals surface area contributed by atoms with Crippen LogP contribution in [0.25, 0.3) is 0 Å². The summed E-state index contributed by atoms with van der Waals surface area (Å²) in [6.07, 6.45) is 0. The topological polar surface area (TPSA) is 75.5 Å². The van der Waals surface area contributed by atoms with Crippen molar-refractivity contribution >= 4 is 34.7 Å². The average molecular weight is 306 g/mol. The Morgan fingerprint density at radius 2 is 1.95 bits per heavy atom. The summed E-state index contributed by atoms with van der Waals surface area (Å²) >= 11 is 5.88. The third-order valence-corrected chi connectivity index (χ3v) is 3.04. The fourth-order valence-electron chi connectivity index (χ4n) is 1.71. The first-order chi connectivity index (χ1) is 9.97. The Morgan fingerprint density at radius 3 is 2.62 bits per heavy atom. The molecule has 2 amide bonds. The minimum atomic E-state index is -0.518. The normalized spacial score (nSPS) is 10.0. The molecular formula is C14H12ClN3O3. The number of carbonyl (C=O) groups excluding carboxylic acids is 1. The van der Waals surface area contributed by atoms with Crippen molar-refractivity contribution in [3.63, 3.8) is 0 Å². The Morgan fingerprint density at radius 1 is 1.24 bits per heavy atom. The van der Waals surface area contributed by atoms with Crippen LogP contribution in [0.4, 0.5) is 21.9 Å². The van der Waals surface area contributed by atoms with Crippen LogP contribution in [0.1, 0.15) is 0 Å². The van der Waals surface area contributed by atoms with E-state index in [2.05, 4.69) is 5.32 Å². The Kier molecular flexibility index (Phi) is 4.39. The van der Waals surface area contributed by atoms with E-state index in [1.807, 2.05) is 0 Å². The van der Waals surface area contributed by atoms with E-state index in [-0.39, 0.29) is 5.69 Å². The van der Waals surface area contributed by atoms with Gasteiger partial charge in [0.05, 0.1) is 4.92 Å². The van der Waals surface area contributed by atoms with Crippen LogP contribution in [-0.4, -0.2) is 18.0 Å². The van der Waals surface area contributed by atoms with Gasteiger partial charge in [-0.25, -0.2) is 4.79 Å². The Balaban J connectivity index is 2.14. The molecular weight excluding hydrogens is 294 g/mol. The summed E-state index contributed by atoms with van der Waals surface area (Å²) in [5.41, 5.74) is 0.881. The molecule has 0 aliphatic heterocycles. The number of nitrogens with zero attached hydrogens (tertiary/aromatic N) is 2. The number of nitrogens with one attached hydrogen (secondary N) is 1. The molecule has 0 bridgehead atoms. The van der Waals surface area contributed by atoms with Crippen molar-refractivity contribution in [2.24, 2.45) is 0 Å². The second kappa shape index (κ2) is 6.23. The number of hydrogen-bond donors (Lipinski definition) is 1. The molecule has 0 aliphatic rings. The highest BCUT2D eigenvalue weighted by molar-refractivity contribution is 6.30. The van der Waals surface area contributed by atoms with E-state index in [1.165, 1.54) is 23.1 Å². The van der Waals surface area contributed by atoms with Crippen molar-refractivity contribution in [1.82, 2.24) is 0 Å². The molecule has 0 radical (unpaired) electrons. The Hall–Kier alpha value is -2.60. The minimum absolute atomic E-state index is 0.0850. The molecule has 2 aromatic carbocycles. The van der Waals surface area contributed by atoms with Gasteiger partial charge < -0.3 is 5.32 Å². The number of rotatable bonds is 3. The quantitative estimate of drug-likeness (QED) is 0.690. The van der Waals surface area contributed by atoms with Crippen LogP contribution >= 0.6 is 11.6 Å². The largest absolute Gasteiger partial charge is 0.326 e. The van der Waals surface area contributed by atoms with Gasteiger partial charge in [0.2, 0.25) is 0 Å². The summed E-state index contributed by atoms with van der Waals surface area (Å²) in [6, 6.07) is 12.1. The second-order valence-corrected chi connectivity index (χ2v) is 4.71. The maximum atomic E-state index is 12.1. The number of hydrogen-bond acceptors (Lipinski definition) is 3. The second-order valence-electron chi connectivity index (χ2n) is 4.28. The summed E-state index contributed by atoms with van der Waals surface area (Å²) < 4.78 is 0. The van der Waals surface area contributed by atoms with Crippen molar-refractivity contribution in [2.45, 2.75) is 0 Å². The molecule has 0 heterocycles. The van der Waals surface area contributed by atoms with E-state index in [4.69, 9.17) is 11.6 Å². The van der Waals surface area contributed by atoms with Gasteiger partial charge in [0.25, 0.3) is 5.69 Å². The zero-order valence-electron chi connectivity index (χ0n) is 11.1. The lowest BCUT2D eigenvalue weighted by Crippen LogP contribution is -2.31. The SMILES string of the molecule is CN(C(=O)Nc1cccc([N+](=O)[O-])c1)c1cccc(Cl)c1. The van der Waals surface area contributed by atoms with E-state index in [0.717, 1.165) is 0 Å². The fourth-order valence-corrected chi connectivity index (χ4v) is 1.89. The van der Waals surface area contributed by atoms with Crippen molar-refractivity contribution in [1.29, 1.82) is 0 Å².